The smallest absolute Gasteiger partial charge is 0.236 e. The number of likely N-dealkylation sites (N-methyl/N-ethyl adjacent to an activating group) is 1. The Labute approximate surface area is 127 Å². The maximum atomic E-state index is 12.8. The lowest BCUT2D eigenvalue weighted by atomic mass is 9.77. The lowest BCUT2D eigenvalue weighted by Crippen LogP contribution is -2.50. The molecule has 0 radical (unpaired) electrons. The van der Waals surface area contributed by atoms with Crippen LogP contribution in [-0.2, 0) is 9.53 Å². The summed E-state index contributed by atoms with van der Waals surface area (Å²) in [4.78, 5) is 14.5. The summed E-state index contributed by atoms with van der Waals surface area (Å²) >= 11 is 0. The maximum Gasteiger partial charge on any atom is 0.236 e. The van der Waals surface area contributed by atoms with Gasteiger partial charge in [-0.25, -0.2) is 0 Å². The maximum absolute atomic E-state index is 12.8. The molecule has 0 spiro atoms. The van der Waals surface area contributed by atoms with Gasteiger partial charge in [0.25, 0.3) is 0 Å². The molecule has 21 heavy (non-hydrogen) atoms. The van der Waals surface area contributed by atoms with Gasteiger partial charge < -0.3 is 20.6 Å². The first kappa shape index (κ1) is 17.8. The highest BCUT2D eigenvalue weighted by Crippen LogP contribution is 2.37. The first-order valence-corrected chi connectivity index (χ1v) is 7.79. The van der Waals surface area contributed by atoms with E-state index in [-0.39, 0.29) is 17.8 Å². The van der Waals surface area contributed by atoms with Crippen molar-refractivity contribution in [2.24, 2.45) is 16.3 Å². The molecule has 122 valence electrons. The number of ether oxygens (including phenoxy) is 1. The Morgan fingerprint density at radius 3 is 2.38 bits per heavy atom. The highest BCUT2D eigenvalue weighted by Gasteiger charge is 2.44. The SMILES string of the molecule is CC(C)OCCN(C)C(=O)C1(C(N)=NO)CCCCCC1. The normalized spacial score (nSPS) is 19.3. The van der Waals surface area contributed by atoms with Gasteiger partial charge >= 0.3 is 0 Å². The first-order chi connectivity index (χ1) is 9.94. The molecule has 1 saturated carbocycles. The number of hydrogen-bond acceptors (Lipinski definition) is 4. The lowest BCUT2D eigenvalue weighted by Gasteiger charge is -2.34. The van der Waals surface area contributed by atoms with E-state index >= 15 is 0 Å². The van der Waals surface area contributed by atoms with E-state index in [1.54, 1.807) is 11.9 Å². The van der Waals surface area contributed by atoms with E-state index in [1.165, 1.54) is 0 Å². The van der Waals surface area contributed by atoms with E-state index in [1.807, 2.05) is 13.8 Å². The Kier molecular flexibility index (Phi) is 6.95. The van der Waals surface area contributed by atoms with Crippen molar-refractivity contribution in [3.63, 3.8) is 0 Å². The second kappa shape index (κ2) is 8.22. The quantitative estimate of drug-likeness (QED) is 0.258. The molecule has 1 rings (SSSR count). The summed E-state index contributed by atoms with van der Waals surface area (Å²) < 4.78 is 5.49. The van der Waals surface area contributed by atoms with Crippen LogP contribution in [-0.4, -0.2) is 48.2 Å². The van der Waals surface area contributed by atoms with Crippen molar-refractivity contribution in [2.75, 3.05) is 20.2 Å². The number of oxime groups is 1. The van der Waals surface area contributed by atoms with Crippen molar-refractivity contribution < 1.29 is 14.7 Å². The number of amides is 1. The van der Waals surface area contributed by atoms with Crippen LogP contribution in [0.5, 0.6) is 0 Å². The molecule has 0 saturated heterocycles. The van der Waals surface area contributed by atoms with Gasteiger partial charge in [0.05, 0.1) is 12.7 Å². The molecule has 1 aliphatic carbocycles. The van der Waals surface area contributed by atoms with Crippen molar-refractivity contribution in [1.29, 1.82) is 0 Å². The number of carbonyl (C=O) groups excluding carboxylic acids is 1. The lowest BCUT2D eigenvalue weighted by molar-refractivity contribution is -0.138. The van der Waals surface area contributed by atoms with Crippen LogP contribution in [0.15, 0.2) is 5.16 Å². The molecular weight excluding hydrogens is 270 g/mol. The Morgan fingerprint density at radius 2 is 1.90 bits per heavy atom. The van der Waals surface area contributed by atoms with Gasteiger partial charge in [0, 0.05) is 13.6 Å². The summed E-state index contributed by atoms with van der Waals surface area (Å²) in [5, 5.41) is 12.2. The summed E-state index contributed by atoms with van der Waals surface area (Å²) in [6.45, 7) is 4.93. The van der Waals surface area contributed by atoms with Gasteiger partial charge in [-0.15, -0.1) is 0 Å². The van der Waals surface area contributed by atoms with Crippen LogP contribution in [0.2, 0.25) is 0 Å². The van der Waals surface area contributed by atoms with Crippen LogP contribution in [0.1, 0.15) is 52.4 Å². The van der Waals surface area contributed by atoms with E-state index in [0.717, 1.165) is 25.7 Å². The highest BCUT2D eigenvalue weighted by molar-refractivity contribution is 6.06. The van der Waals surface area contributed by atoms with Gasteiger partial charge in [-0.05, 0) is 26.7 Å². The predicted molar refractivity (Wildman–Crippen MR) is 82.3 cm³/mol. The van der Waals surface area contributed by atoms with E-state index in [0.29, 0.717) is 26.0 Å². The molecule has 6 heteroatoms. The first-order valence-electron chi connectivity index (χ1n) is 7.79. The van der Waals surface area contributed by atoms with Gasteiger partial charge in [0.2, 0.25) is 5.91 Å². The third-order valence-electron chi connectivity index (χ3n) is 4.19. The molecule has 0 aromatic rings. The minimum atomic E-state index is -0.849. The average Bonchev–Trinajstić information content (AvgIpc) is 2.71. The number of nitrogens with two attached hydrogens (primary N) is 1. The topological polar surface area (TPSA) is 88.2 Å². The van der Waals surface area contributed by atoms with Crippen molar-refractivity contribution in [1.82, 2.24) is 4.90 Å². The molecule has 0 atom stereocenters. The molecule has 0 bridgehead atoms. The Hall–Kier alpha value is -1.30. The van der Waals surface area contributed by atoms with Crippen LogP contribution < -0.4 is 5.73 Å². The third-order valence-corrected chi connectivity index (χ3v) is 4.19. The molecule has 0 heterocycles. The van der Waals surface area contributed by atoms with Gasteiger partial charge in [-0.1, -0.05) is 30.8 Å². The summed E-state index contributed by atoms with van der Waals surface area (Å²) in [6.07, 6.45) is 5.48. The van der Waals surface area contributed by atoms with E-state index in [2.05, 4.69) is 5.16 Å². The number of rotatable bonds is 6. The van der Waals surface area contributed by atoms with E-state index < -0.39 is 5.41 Å². The Bertz CT molecular complexity index is 361. The second-order valence-electron chi connectivity index (χ2n) is 6.13. The monoisotopic (exact) mass is 299 g/mol. The summed E-state index contributed by atoms with van der Waals surface area (Å²) in [5.74, 6) is -0.0157. The minimum absolute atomic E-state index is 0.0472. The fraction of sp³-hybridized carbons (Fsp3) is 0.867. The van der Waals surface area contributed by atoms with Crippen molar-refractivity contribution in [3.05, 3.63) is 0 Å². The van der Waals surface area contributed by atoms with Gasteiger partial charge in [0.1, 0.15) is 5.41 Å². The summed E-state index contributed by atoms with van der Waals surface area (Å²) in [5.41, 5.74) is 5.04. The third kappa shape index (κ3) is 4.59. The summed E-state index contributed by atoms with van der Waals surface area (Å²) in [7, 11) is 1.75. The van der Waals surface area contributed by atoms with Crippen LogP contribution >= 0.6 is 0 Å². The molecule has 6 nitrogen and oxygen atoms in total. The number of carbonyl (C=O) groups is 1. The van der Waals surface area contributed by atoms with Crippen molar-refractivity contribution in [2.45, 2.75) is 58.5 Å². The molecule has 1 aliphatic rings. The van der Waals surface area contributed by atoms with Crippen LogP contribution in [0.4, 0.5) is 0 Å². The standard InChI is InChI=1S/C15H29N3O3/c1-12(2)21-11-10-18(3)14(19)15(13(16)17-20)8-6-4-5-7-9-15/h12,20H,4-11H2,1-3H3,(H2,16,17). The number of amidine groups is 1. The molecule has 3 N–H and O–H groups in total. The van der Waals surface area contributed by atoms with Gasteiger partial charge in [-0.2, -0.15) is 0 Å². The highest BCUT2D eigenvalue weighted by atomic mass is 16.5. The largest absolute Gasteiger partial charge is 0.409 e. The predicted octanol–water partition coefficient (Wildman–Crippen LogP) is 1.96. The Morgan fingerprint density at radius 1 is 1.33 bits per heavy atom. The van der Waals surface area contributed by atoms with E-state index in [4.69, 9.17) is 15.7 Å². The van der Waals surface area contributed by atoms with Crippen molar-refractivity contribution >= 4 is 11.7 Å². The van der Waals surface area contributed by atoms with Crippen LogP contribution in [0.3, 0.4) is 0 Å². The van der Waals surface area contributed by atoms with Crippen LogP contribution in [0.25, 0.3) is 0 Å². The Balaban J connectivity index is 2.80. The molecule has 0 unspecified atom stereocenters. The van der Waals surface area contributed by atoms with Crippen molar-refractivity contribution in [3.8, 4) is 0 Å². The molecule has 0 aliphatic heterocycles. The molecule has 0 aromatic carbocycles. The number of nitrogens with zero attached hydrogens (tertiary/aromatic N) is 2. The van der Waals surface area contributed by atoms with Gasteiger partial charge in [0.15, 0.2) is 5.84 Å². The number of hydrogen-bond donors (Lipinski definition) is 2. The zero-order valence-corrected chi connectivity index (χ0v) is 13.5. The summed E-state index contributed by atoms with van der Waals surface area (Å²) in [6, 6.07) is 0. The molecule has 1 amide bonds. The zero-order valence-electron chi connectivity index (χ0n) is 13.5. The van der Waals surface area contributed by atoms with Crippen LogP contribution in [0, 0.1) is 5.41 Å². The second-order valence-corrected chi connectivity index (χ2v) is 6.13. The molecule has 1 fully saturated rings. The average molecular weight is 299 g/mol. The fourth-order valence-electron chi connectivity index (χ4n) is 2.90. The van der Waals surface area contributed by atoms with E-state index in [9.17, 15) is 4.79 Å². The minimum Gasteiger partial charge on any atom is -0.409 e. The molecule has 0 aromatic heterocycles. The van der Waals surface area contributed by atoms with Gasteiger partial charge in [-0.3, -0.25) is 4.79 Å². The fourth-order valence-corrected chi connectivity index (χ4v) is 2.90. The zero-order chi connectivity index (χ0) is 15.9. The molecular formula is C15H29N3O3.